The summed E-state index contributed by atoms with van der Waals surface area (Å²) < 4.78 is 0. The van der Waals surface area contributed by atoms with Gasteiger partial charge in [0.2, 0.25) is 0 Å². The van der Waals surface area contributed by atoms with E-state index in [-0.39, 0.29) is 5.41 Å². The Morgan fingerprint density at radius 1 is 0.833 bits per heavy atom. The van der Waals surface area contributed by atoms with Crippen LogP contribution in [0.2, 0.25) is 5.02 Å². The fraction of sp³-hybridized carbons (Fsp3) is 0.154. The minimum Gasteiger partial charge on any atom is -0.338 e. The summed E-state index contributed by atoms with van der Waals surface area (Å²) in [5.74, 6) is 0.867. The Morgan fingerprint density at radius 3 is 2.30 bits per heavy atom. The van der Waals surface area contributed by atoms with Crippen LogP contribution in [-0.4, -0.2) is 15.0 Å². The SMILES string of the molecule is CC(C)(C)c1ccc2nc(-c3ccc(-c4ncccc4Cl)c4ccccc34)[nH]c2c1. The molecular formula is C26H22ClN3. The minimum atomic E-state index is 0.0930. The highest BCUT2D eigenvalue weighted by Crippen LogP contribution is 2.37. The third kappa shape index (κ3) is 3.16. The van der Waals surface area contributed by atoms with Gasteiger partial charge in [0, 0.05) is 17.3 Å². The van der Waals surface area contributed by atoms with E-state index in [4.69, 9.17) is 16.6 Å². The Balaban J connectivity index is 1.71. The van der Waals surface area contributed by atoms with Crippen molar-refractivity contribution in [3.63, 3.8) is 0 Å². The van der Waals surface area contributed by atoms with Crippen LogP contribution in [0.15, 0.2) is 72.9 Å². The first-order valence-corrected chi connectivity index (χ1v) is 10.4. The van der Waals surface area contributed by atoms with Crippen LogP contribution in [0, 0.1) is 0 Å². The van der Waals surface area contributed by atoms with Crippen LogP contribution in [-0.2, 0) is 5.41 Å². The van der Waals surface area contributed by atoms with Crippen LogP contribution in [0.5, 0.6) is 0 Å². The van der Waals surface area contributed by atoms with E-state index >= 15 is 0 Å². The standard InChI is InChI=1S/C26H22ClN3/c1-26(2,3)16-10-13-22-23(15-16)30-25(29-22)20-12-11-19(17-7-4-5-8-18(17)20)24-21(27)9-6-14-28-24/h4-15H,1-3H3,(H,29,30). The van der Waals surface area contributed by atoms with Crippen LogP contribution in [0.3, 0.4) is 0 Å². The van der Waals surface area contributed by atoms with Crippen molar-refractivity contribution >= 4 is 33.4 Å². The summed E-state index contributed by atoms with van der Waals surface area (Å²) in [7, 11) is 0. The Hall–Kier alpha value is -3.17. The molecule has 0 spiro atoms. The molecule has 5 aromatic rings. The van der Waals surface area contributed by atoms with E-state index in [1.54, 1.807) is 6.20 Å². The summed E-state index contributed by atoms with van der Waals surface area (Å²) in [4.78, 5) is 12.9. The third-order valence-corrected chi connectivity index (χ3v) is 5.85. The first kappa shape index (κ1) is 18.8. The highest BCUT2D eigenvalue weighted by atomic mass is 35.5. The maximum atomic E-state index is 6.44. The minimum absolute atomic E-state index is 0.0930. The van der Waals surface area contributed by atoms with E-state index in [2.05, 4.69) is 79.3 Å². The van der Waals surface area contributed by atoms with Crippen molar-refractivity contribution in [2.24, 2.45) is 0 Å². The predicted octanol–water partition coefficient (Wildman–Crippen LogP) is 7.40. The van der Waals surface area contributed by atoms with Gasteiger partial charge in [-0.2, -0.15) is 0 Å². The molecule has 0 radical (unpaired) electrons. The molecule has 0 saturated heterocycles. The number of nitrogens with one attached hydrogen (secondary N) is 1. The van der Waals surface area contributed by atoms with Crippen LogP contribution >= 0.6 is 11.6 Å². The van der Waals surface area contributed by atoms with E-state index in [1.165, 1.54) is 5.56 Å². The highest BCUT2D eigenvalue weighted by molar-refractivity contribution is 6.33. The van der Waals surface area contributed by atoms with Crippen molar-refractivity contribution in [1.29, 1.82) is 0 Å². The van der Waals surface area contributed by atoms with Gasteiger partial charge in [-0.05, 0) is 52.1 Å². The molecule has 0 fully saturated rings. The van der Waals surface area contributed by atoms with Crippen LogP contribution < -0.4 is 0 Å². The van der Waals surface area contributed by atoms with Gasteiger partial charge in [0.05, 0.1) is 21.7 Å². The Kier molecular flexibility index (Phi) is 4.37. The average Bonchev–Trinajstić information content (AvgIpc) is 3.16. The number of aromatic amines is 1. The Bertz CT molecular complexity index is 1390. The lowest BCUT2D eigenvalue weighted by molar-refractivity contribution is 0.591. The molecular weight excluding hydrogens is 390 g/mol. The molecule has 0 unspecified atom stereocenters. The molecule has 0 aliphatic rings. The van der Waals surface area contributed by atoms with Gasteiger partial charge in [0.15, 0.2) is 0 Å². The fourth-order valence-electron chi connectivity index (χ4n) is 3.90. The van der Waals surface area contributed by atoms with Gasteiger partial charge in [0.25, 0.3) is 0 Å². The lowest BCUT2D eigenvalue weighted by Gasteiger charge is -2.18. The lowest BCUT2D eigenvalue weighted by Crippen LogP contribution is -2.10. The van der Waals surface area contributed by atoms with Crippen molar-refractivity contribution < 1.29 is 0 Å². The molecule has 4 heteroatoms. The number of benzene rings is 3. The van der Waals surface area contributed by atoms with Crippen molar-refractivity contribution in [2.75, 3.05) is 0 Å². The largest absolute Gasteiger partial charge is 0.338 e. The summed E-state index contributed by atoms with van der Waals surface area (Å²) in [6, 6.07) is 22.7. The van der Waals surface area contributed by atoms with Crippen LogP contribution in [0.25, 0.3) is 44.5 Å². The number of H-pyrrole nitrogens is 1. The van der Waals surface area contributed by atoms with Gasteiger partial charge in [0.1, 0.15) is 5.82 Å². The zero-order valence-electron chi connectivity index (χ0n) is 17.2. The number of halogens is 1. The normalized spacial score (nSPS) is 12.0. The number of rotatable bonds is 2. The van der Waals surface area contributed by atoms with Crippen molar-refractivity contribution in [1.82, 2.24) is 15.0 Å². The van der Waals surface area contributed by atoms with E-state index < -0.39 is 0 Å². The van der Waals surface area contributed by atoms with Crippen molar-refractivity contribution in [2.45, 2.75) is 26.2 Å². The molecule has 0 amide bonds. The van der Waals surface area contributed by atoms with Crippen molar-refractivity contribution in [3.8, 4) is 22.6 Å². The number of fused-ring (bicyclic) bond motifs is 2. The van der Waals surface area contributed by atoms with Gasteiger partial charge in [-0.25, -0.2) is 4.98 Å². The Morgan fingerprint density at radius 2 is 1.57 bits per heavy atom. The maximum Gasteiger partial charge on any atom is 0.139 e. The highest BCUT2D eigenvalue weighted by Gasteiger charge is 2.17. The summed E-state index contributed by atoms with van der Waals surface area (Å²) in [6.07, 6.45) is 1.77. The van der Waals surface area contributed by atoms with Crippen LogP contribution in [0.4, 0.5) is 0 Å². The molecule has 0 saturated carbocycles. The summed E-state index contributed by atoms with van der Waals surface area (Å²) in [5, 5.41) is 2.87. The Labute approximate surface area is 180 Å². The summed E-state index contributed by atoms with van der Waals surface area (Å²) in [5.41, 5.74) is 6.28. The quantitative estimate of drug-likeness (QED) is 0.329. The molecule has 0 aliphatic carbocycles. The van der Waals surface area contributed by atoms with Gasteiger partial charge >= 0.3 is 0 Å². The van der Waals surface area contributed by atoms with E-state index in [9.17, 15) is 0 Å². The third-order valence-electron chi connectivity index (χ3n) is 5.54. The van der Waals surface area contributed by atoms with Gasteiger partial charge < -0.3 is 4.98 Å². The smallest absolute Gasteiger partial charge is 0.139 e. The number of nitrogens with zero attached hydrogens (tertiary/aromatic N) is 2. The molecule has 2 aromatic heterocycles. The zero-order valence-corrected chi connectivity index (χ0v) is 18.0. The molecule has 0 aliphatic heterocycles. The first-order chi connectivity index (χ1) is 14.4. The van der Waals surface area contributed by atoms with E-state index in [0.29, 0.717) is 5.02 Å². The molecule has 1 N–H and O–H groups in total. The molecule has 0 atom stereocenters. The maximum absolute atomic E-state index is 6.44. The topological polar surface area (TPSA) is 41.6 Å². The number of hydrogen-bond acceptors (Lipinski definition) is 2. The molecule has 5 rings (SSSR count). The molecule has 2 heterocycles. The first-order valence-electron chi connectivity index (χ1n) is 10.0. The van der Waals surface area contributed by atoms with Gasteiger partial charge in [-0.1, -0.05) is 68.8 Å². The summed E-state index contributed by atoms with van der Waals surface area (Å²) in [6.45, 7) is 6.67. The molecule has 0 bridgehead atoms. The molecule has 3 aromatic carbocycles. The van der Waals surface area contributed by atoms with E-state index in [1.807, 2.05) is 18.2 Å². The molecule has 3 nitrogen and oxygen atoms in total. The van der Waals surface area contributed by atoms with Crippen LogP contribution in [0.1, 0.15) is 26.3 Å². The van der Waals surface area contributed by atoms with Gasteiger partial charge in [-0.15, -0.1) is 0 Å². The second-order valence-corrected chi connectivity index (χ2v) is 9.01. The second kappa shape index (κ2) is 6.96. The summed E-state index contributed by atoms with van der Waals surface area (Å²) >= 11 is 6.44. The van der Waals surface area contributed by atoms with Gasteiger partial charge in [-0.3, -0.25) is 4.98 Å². The number of imidazole rings is 1. The number of pyridine rings is 1. The molecule has 148 valence electrons. The lowest BCUT2D eigenvalue weighted by atomic mass is 9.87. The average molecular weight is 412 g/mol. The zero-order chi connectivity index (χ0) is 20.9. The van der Waals surface area contributed by atoms with E-state index in [0.717, 1.165) is 44.5 Å². The fourth-order valence-corrected chi connectivity index (χ4v) is 4.12. The predicted molar refractivity (Wildman–Crippen MR) is 126 cm³/mol. The number of hydrogen-bond donors (Lipinski definition) is 1. The van der Waals surface area contributed by atoms with Crippen molar-refractivity contribution in [3.05, 3.63) is 83.5 Å². The monoisotopic (exact) mass is 411 g/mol. The second-order valence-electron chi connectivity index (χ2n) is 8.61. The molecule has 30 heavy (non-hydrogen) atoms. The number of aromatic nitrogens is 3.